The van der Waals surface area contributed by atoms with E-state index in [1.807, 2.05) is 13.1 Å². The summed E-state index contributed by atoms with van der Waals surface area (Å²) in [6.07, 6.45) is 8.87. The monoisotopic (exact) mass is 175 g/mol. The Labute approximate surface area is 70.8 Å². The van der Waals surface area contributed by atoms with Crippen molar-refractivity contribution in [3.05, 3.63) is 12.7 Å². The van der Waals surface area contributed by atoms with E-state index in [-0.39, 0.29) is 0 Å². The quantitative estimate of drug-likeness (QED) is 0.509. The zero-order valence-electron chi connectivity index (χ0n) is 8.35. The van der Waals surface area contributed by atoms with Crippen molar-refractivity contribution in [2.24, 2.45) is 0 Å². The number of hydrogen-bond donors (Lipinski definition) is 1. The van der Waals surface area contributed by atoms with Crippen LogP contribution in [0.15, 0.2) is 12.7 Å². The molecule has 0 saturated carbocycles. The molecule has 0 saturated heterocycles. The van der Waals surface area contributed by atoms with E-state index in [0.29, 0.717) is 5.37 Å². The number of hydrogen-bond acceptors (Lipinski definition) is 1. The molecule has 1 N–H and O–H groups in total. The summed E-state index contributed by atoms with van der Waals surface area (Å²) in [5.74, 6) is 0. The summed E-state index contributed by atoms with van der Waals surface area (Å²) in [5, 5.41) is 6.09. The molecule has 1 atom stereocenters. The van der Waals surface area contributed by atoms with Crippen LogP contribution < -0.4 is 5.32 Å². The number of rotatable bonds is 3. The predicted molar refractivity (Wildman–Crippen MR) is 60.1 cm³/mol. The first-order valence-electron chi connectivity index (χ1n) is 3.80. The Morgan fingerprint density at radius 2 is 1.82 bits per heavy atom. The molecular formula is C9H21NS. The lowest BCUT2D eigenvalue weighted by Crippen LogP contribution is -2.31. The van der Waals surface area contributed by atoms with Gasteiger partial charge in [0, 0.05) is 5.37 Å². The first-order valence-corrected chi connectivity index (χ1v) is 7.20. The van der Waals surface area contributed by atoms with Crippen molar-refractivity contribution in [1.82, 2.24) is 5.32 Å². The van der Waals surface area contributed by atoms with E-state index in [1.54, 1.807) is 0 Å². The minimum absolute atomic E-state index is 0.546. The summed E-state index contributed by atoms with van der Waals surface area (Å²) < 4.78 is 0. The van der Waals surface area contributed by atoms with Gasteiger partial charge in [-0.1, -0.05) is 18.0 Å². The van der Waals surface area contributed by atoms with Gasteiger partial charge in [-0.05, 0) is 32.7 Å². The summed E-state index contributed by atoms with van der Waals surface area (Å²) in [6, 6.07) is 0. The normalized spacial score (nSPS) is 18.1. The molecule has 11 heavy (non-hydrogen) atoms. The highest BCUT2D eigenvalue weighted by atomic mass is 32.3. The van der Waals surface area contributed by atoms with Crippen molar-refractivity contribution in [2.75, 3.05) is 25.8 Å². The molecule has 0 radical (unpaired) electrons. The van der Waals surface area contributed by atoms with Crippen molar-refractivity contribution in [2.45, 2.75) is 12.3 Å². The van der Waals surface area contributed by atoms with Crippen molar-refractivity contribution < 1.29 is 0 Å². The molecule has 0 aliphatic heterocycles. The molecule has 0 amide bonds. The van der Waals surface area contributed by atoms with Crippen molar-refractivity contribution in [1.29, 1.82) is 0 Å². The van der Waals surface area contributed by atoms with Crippen LogP contribution in [-0.2, 0) is 0 Å². The Kier molecular flexibility index (Phi) is 3.09. The molecule has 0 aliphatic carbocycles. The third-order valence-corrected chi connectivity index (χ3v) is 6.19. The van der Waals surface area contributed by atoms with E-state index in [2.05, 4.69) is 43.0 Å². The fraction of sp³-hybridized carbons (Fsp3) is 0.667. The molecule has 1 nitrogen and oxygen atoms in total. The number of allylic oxidation sites excluding steroid dienone is 1. The van der Waals surface area contributed by atoms with E-state index in [0.717, 1.165) is 0 Å². The van der Waals surface area contributed by atoms with Crippen molar-refractivity contribution in [3.8, 4) is 0 Å². The van der Waals surface area contributed by atoms with Crippen LogP contribution in [0.4, 0.5) is 0 Å². The first-order chi connectivity index (χ1) is 4.82. The van der Waals surface area contributed by atoms with Crippen molar-refractivity contribution in [3.63, 3.8) is 0 Å². The smallest absolute Gasteiger partial charge is 0.0311 e. The Morgan fingerprint density at radius 1 is 1.36 bits per heavy atom. The zero-order valence-corrected chi connectivity index (χ0v) is 9.16. The molecule has 0 rings (SSSR count). The lowest BCUT2D eigenvalue weighted by Gasteiger charge is -2.43. The van der Waals surface area contributed by atoms with Crippen LogP contribution >= 0.6 is 8.75 Å². The average Bonchev–Trinajstić information content (AvgIpc) is 1.84. The Hall–Kier alpha value is -0.0800. The van der Waals surface area contributed by atoms with Gasteiger partial charge >= 0.3 is 0 Å². The molecule has 0 aromatic heterocycles. The van der Waals surface area contributed by atoms with Crippen molar-refractivity contribution >= 4 is 14.1 Å². The van der Waals surface area contributed by atoms with Crippen LogP contribution in [0, 0.1) is 0 Å². The molecule has 0 fully saturated rings. The lowest BCUT2D eigenvalue weighted by molar-refractivity contribution is 0.797. The van der Waals surface area contributed by atoms with Gasteiger partial charge in [-0.15, -0.1) is 0 Å². The molecule has 1 unspecified atom stereocenters. The van der Waals surface area contributed by atoms with Crippen LogP contribution in [0.5, 0.6) is 0 Å². The Balaban J connectivity index is 4.93. The first kappa shape index (κ1) is 10.9. The molecule has 0 aromatic carbocycles. The van der Waals surface area contributed by atoms with Gasteiger partial charge in [-0.3, -0.25) is 0 Å². The zero-order chi connectivity index (χ0) is 9.15. The van der Waals surface area contributed by atoms with E-state index in [1.165, 1.54) is 0 Å². The van der Waals surface area contributed by atoms with Gasteiger partial charge in [0.25, 0.3) is 0 Å². The maximum absolute atomic E-state index is 3.75. The molecule has 2 heteroatoms. The topological polar surface area (TPSA) is 12.0 Å². The second kappa shape index (κ2) is 3.11. The lowest BCUT2D eigenvalue weighted by atomic mass is 10.7. The van der Waals surface area contributed by atoms with Crippen LogP contribution in [0.2, 0.25) is 0 Å². The van der Waals surface area contributed by atoms with Crippen LogP contribution in [0.25, 0.3) is 0 Å². The number of nitrogens with one attached hydrogen (secondary N) is 1. The highest BCUT2D eigenvalue weighted by Crippen LogP contribution is 2.50. The average molecular weight is 175 g/mol. The minimum atomic E-state index is -1.38. The predicted octanol–water partition coefficient (Wildman–Crippen LogP) is 1.77. The van der Waals surface area contributed by atoms with Crippen LogP contribution in [0.1, 0.15) is 6.92 Å². The molecule has 0 aromatic rings. The van der Waals surface area contributed by atoms with Crippen LogP contribution in [-0.4, -0.2) is 36.6 Å². The third kappa shape index (κ3) is 2.80. The maximum Gasteiger partial charge on any atom is 0.0311 e. The van der Waals surface area contributed by atoms with E-state index < -0.39 is 8.75 Å². The van der Waals surface area contributed by atoms with Crippen LogP contribution in [0.3, 0.4) is 0 Å². The third-order valence-electron chi connectivity index (χ3n) is 2.25. The maximum atomic E-state index is 3.75. The van der Waals surface area contributed by atoms with Gasteiger partial charge in [-0.2, -0.15) is 0 Å². The highest BCUT2D eigenvalue weighted by Gasteiger charge is 2.20. The largest absolute Gasteiger partial charge is 0.310 e. The fourth-order valence-corrected chi connectivity index (χ4v) is 2.65. The van der Waals surface area contributed by atoms with E-state index in [9.17, 15) is 0 Å². The summed E-state index contributed by atoms with van der Waals surface area (Å²) in [6.45, 7) is 5.98. The second-order valence-electron chi connectivity index (χ2n) is 4.08. The summed E-state index contributed by atoms with van der Waals surface area (Å²) in [4.78, 5) is 0. The van der Waals surface area contributed by atoms with Gasteiger partial charge in [0.05, 0.1) is 0 Å². The Morgan fingerprint density at radius 3 is 2.09 bits per heavy atom. The summed E-state index contributed by atoms with van der Waals surface area (Å²) >= 11 is 0. The molecule has 0 spiro atoms. The van der Waals surface area contributed by atoms with Gasteiger partial charge in [0.1, 0.15) is 0 Å². The minimum Gasteiger partial charge on any atom is -0.310 e. The van der Waals surface area contributed by atoms with Gasteiger partial charge < -0.3 is 5.32 Å². The summed E-state index contributed by atoms with van der Waals surface area (Å²) in [7, 11) is 0.626. The molecule has 0 aliphatic rings. The molecular weight excluding hydrogens is 154 g/mol. The standard InChI is InChI=1S/C9H21NS/c1-7-8-11(4,5,6)9(2)10-3/h7-10H,1H2,2-6H3. The molecule has 0 heterocycles. The Bertz CT molecular complexity index is 199. The summed E-state index contributed by atoms with van der Waals surface area (Å²) in [5.41, 5.74) is 0. The fourth-order valence-electron chi connectivity index (χ4n) is 0.884. The molecule has 68 valence electrons. The van der Waals surface area contributed by atoms with Gasteiger partial charge in [-0.25, -0.2) is 8.75 Å². The van der Waals surface area contributed by atoms with E-state index >= 15 is 0 Å². The highest BCUT2D eigenvalue weighted by molar-refractivity contribution is 8.46. The second-order valence-corrected chi connectivity index (χ2v) is 10.6. The SMILES string of the molecule is C=CC=S(C)(C)(C)C(C)NC. The van der Waals surface area contributed by atoms with Gasteiger partial charge in [0.2, 0.25) is 0 Å². The van der Waals surface area contributed by atoms with Gasteiger partial charge in [0.15, 0.2) is 0 Å². The molecule has 0 bridgehead atoms. The van der Waals surface area contributed by atoms with E-state index in [4.69, 9.17) is 0 Å².